The third-order valence-corrected chi connectivity index (χ3v) is 6.76. The van der Waals surface area contributed by atoms with E-state index in [1.165, 1.54) is 29.0 Å². The Kier molecular flexibility index (Phi) is 6.16. The SMILES string of the molecule is CC(C)(C)c1ccc(C(=O)N2CCS/C2=C/c2csc(Nc3ccc(F)cc3)n2)cc1. The molecule has 2 aromatic carbocycles. The number of nitrogens with zero attached hydrogens (tertiary/aromatic N) is 2. The Morgan fingerprint density at radius 3 is 2.52 bits per heavy atom. The molecule has 0 saturated carbocycles. The summed E-state index contributed by atoms with van der Waals surface area (Å²) >= 11 is 3.13. The van der Waals surface area contributed by atoms with Crippen molar-refractivity contribution in [2.75, 3.05) is 17.6 Å². The monoisotopic (exact) mass is 453 g/mol. The van der Waals surface area contributed by atoms with Gasteiger partial charge in [-0.2, -0.15) is 0 Å². The fraction of sp³-hybridized carbons (Fsp3) is 0.250. The number of carbonyl (C=O) groups excluding carboxylic acids is 1. The Balaban J connectivity index is 1.48. The van der Waals surface area contributed by atoms with Crippen molar-refractivity contribution >= 4 is 45.9 Å². The summed E-state index contributed by atoms with van der Waals surface area (Å²) in [4.78, 5) is 19.5. The van der Waals surface area contributed by atoms with Gasteiger partial charge in [-0.25, -0.2) is 9.37 Å². The molecule has 1 fully saturated rings. The van der Waals surface area contributed by atoms with E-state index in [4.69, 9.17) is 0 Å². The zero-order chi connectivity index (χ0) is 22.0. The van der Waals surface area contributed by atoms with Crippen LogP contribution in [0, 0.1) is 5.82 Å². The number of thiazole rings is 1. The van der Waals surface area contributed by atoms with Crippen molar-refractivity contribution in [3.8, 4) is 0 Å². The minimum Gasteiger partial charge on any atom is -0.332 e. The van der Waals surface area contributed by atoms with Gasteiger partial charge in [0.15, 0.2) is 5.13 Å². The third-order valence-electron chi connectivity index (χ3n) is 4.96. The zero-order valence-electron chi connectivity index (χ0n) is 17.7. The highest BCUT2D eigenvalue weighted by molar-refractivity contribution is 8.03. The van der Waals surface area contributed by atoms with Crippen LogP contribution in [0.5, 0.6) is 0 Å². The summed E-state index contributed by atoms with van der Waals surface area (Å²) < 4.78 is 13.1. The second-order valence-corrected chi connectivity index (χ2v) is 10.3. The number of carbonyl (C=O) groups is 1. The predicted molar refractivity (Wildman–Crippen MR) is 128 cm³/mol. The minimum atomic E-state index is -0.272. The number of rotatable bonds is 4. The second kappa shape index (κ2) is 8.85. The molecule has 0 atom stereocenters. The highest BCUT2D eigenvalue weighted by Crippen LogP contribution is 2.32. The van der Waals surface area contributed by atoms with Gasteiger partial charge in [0, 0.05) is 28.9 Å². The van der Waals surface area contributed by atoms with E-state index in [0.717, 1.165) is 27.3 Å². The molecule has 4 nitrogen and oxygen atoms in total. The molecule has 7 heteroatoms. The van der Waals surface area contributed by atoms with Crippen molar-refractivity contribution in [3.63, 3.8) is 0 Å². The highest BCUT2D eigenvalue weighted by Gasteiger charge is 2.26. The van der Waals surface area contributed by atoms with Crippen molar-refractivity contribution in [1.82, 2.24) is 9.88 Å². The van der Waals surface area contributed by atoms with Crippen LogP contribution in [0.3, 0.4) is 0 Å². The standard InChI is InChI=1S/C24H24FN3OS2/c1-24(2,3)17-6-4-16(5-7-17)22(29)28-12-13-30-21(28)14-20-15-31-23(27-20)26-19-10-8-18(25)9-11-19/h4-11,14-15H,12-13H2,1-3H3,(H,26,27)/b21-14+. The highest BCUT2D eigenvalue weighted by atomic mass is 32.2. The van der Waals surface area contributed by atoms with Crippen molar-refractivity contribution in [2.24, 2.45) is 0 Å². The molecular weight excluding hydrogens is 429 g/mol. The van der Waals surface area contributed by atoms with Crippen LogP contribution in [0.15, 0.2) is 58.9 Å². The second-order valence-electron chi connectivity index (χ2n) is 8.32. The first-order valence-electron chi connectivity index (χ1n) is 10.0. The fourth-order valence-corrected chi connectivity index (χ4v) is 4.92. The van der Waals surface area contributed by atoms with Crippen molar-refractivity contribution in [2.45, 2.75) is 26.2 Å². The van der Waals surface area contributed by atoms with Crippen LogP contribution in [0.1, 0.15) is 42.4 Å². The van der Waals surface area contributed by atoms with Gasteiger partial charge in [0.2, 0.25) is 0 Å². The van der Waals surface area contributed by atoms with Crippen molar-refractivity contribution in [1.29, 1.82) is 0 Å². The maximum atomic E-state index is 13.1. The molecule has 0 aliphatic carbocycles. The molecule has 1 saturated heterocycles. The number of benzene rings is 2. The Labute approximate surface area is 190 Å². The number of halogens is 1. The molecule has 1 aliphatic heterocycles. The van der Waals surface area contributed by atoms with E-state index in [9.17, 15) is 9.18 Å². The Hall–Kier alpha value is -2.64. The van der Waals surface area contributed by atoms with E-state index in [2.05, 4.69) is 31.1 Å². The maximum Gasteiger partial charge on any atom is 0.258 e. The van der Waals surface area contributed by atoms with Gasteiger partial charge in [-0.1, -0.05) is 32.9 Å². The van der Waals surface area contributed by atoms with Crippen LogP contribution < -0.4 is 5.32 Å². The average Bonchev–Trinajstić information content (AvgIpc) is 3.38. The van der Waals surface area contributed by atoms with Crippen LogP contribution in [0.25, 0.3) is 6.08 Å². The lowest BCUT2D eigenvalue weighted by atomic mass is 9.86. The van der Waals surface area contributed by atoms with Gasteiger partial charge in [0.25, 0.3) is 5.91 Å². The fourth-order valence-electron chi connectivity index (χ4n) is 3.21. The lowest BCUT2D eigenvalue weighted by Gasteiger charge is -2.20. The van der Waals surface area contributed by atoms with Crippen molar-refractivity contribution < 1.29 is 9.18 Å². The molecule has 3 aromatic rings. The van der Waals surface area contributed by atoms with Gasteiger partial charge in [0.05, 0.1) is 10.7 Å². The smallest absolute Gasteiger partial charge is 0.258 e. The number of amides is 1. The molecule has 1 amide bonds. The molecule has 31 heavy (non-hydrogen) atoms. The summed E-state index contributed by atoms with van der Waals surface area (Å²) in [6.45, 7) is 7.17. The van der Waals surface area contributed by atoms with Gasteiger partial charge in [-0.3, -0.25) is 4.79 Å². The topological polar surface area (TPSA) is 45.2 Å². The number of hydrogen-bond acceptors (Lipinski definition) is 5. The van der Waals surface area contributed by atoms with E-state index in [0.29, 0.717) is 12.1 Å². The summed E-state index contributed by atoms with van der Waals surface area (Å²) in [5.74, 6) is 0.602. The van der Waals surface area contributed by atoms with Crippen LogP contribution >= 0.6 is 23.1 Å². The van der Waals surface area contributed by atoms with Crippen LogP contribution in [-0.2, 0) is 5.41 Å². The summed E-state index contributed by atoms with van der Waals surface area (Å²) in [6, 6.07) is 14.1. The van der Waals surface area contributed by atoms with E-state index < -0.39 is 0 Å². The number of hydrogen-bond donors (Lipinski definition) is 1. The molecule has 0 unspecified atom stereocenters. The van der Waals surface area contributed by atoms with E-state index in [-0.39, 0.29) is 17.1 Å². The first-order chi connectivity index (χ1) is 14.8. The molecule has 1 aliphatic rings. The maximum absolute atomic E-state index is 13.1. The lowest BCUT2D eigenvalue weighted by Crippen LogP contribution is -2.26. The zero-order valence-corrected chi connectivity index (χ0v) is 19.3. The van der Waals surface area contributed by atoms with E-state index in [1.807, 2.05) is 40.6 Å². The molecule has 160 valence electrons. The van der Waals surface area contributed by atoms with E-state index in [1.54, 1.807) is 23.9 Å². The molecule has 0 bridgehead atoms. The van der Waals surface area contributed by atoms with Gasteiger partial charge in [-0.05, 0) is 53.5 Å². The summed E-state index contributed by atoms with van der Waals surface area (Å²) in [6.07, 6.45) is 1.95. The largest absolute Gasteiger partial charge is 0.332 e. The average molecular weight is 454 g/mol. The van der Waals surface area contributed by atoms with E-state index >= 15 is 0 Å². The number of thioether (sulfide) groups is 1. The Morgan fingerprint density at radius 1 is 1.13 bits per heavy atom. The molecular formula is C24H24FN3OS2. The molecule has 2 heterocycles. The molecule has 0 spiro atoms. The van der Waals surface area contributed by atoms with Gasteiger partial charge >= 0.3 is 0 Å². The number of nitrogens with one attached hydrogen (secondary N) is 1. The van der Waals surface area contributed by atoms with Crippen LogP contribution in [-0.4, -0.2) is 28.1 Å². The Bertz CT molecular complexity index is 1100. The molecule has 1 aromatic heterocycles. The quantitative estimate of drug-likeness (QED) is 0.489. The van der Waals surface area contributed by atoms with Gasteiger partial charge in [0.1, 0.15) is 5.82 Å². The summed E-state index contributed by atoms with van der Waals surface area (Å²) in [7, 11) is 0. The minimum absolute atomic E-state index is 0.0107. The first-order valence-corrected chi connectivity index (χ1v) is 11.9. The predicted octanol–water partition coefficient (Wildman–Crippen LogP) is 6.51. The van der Waals surface area contributed by atoms with Crippen LogP contribution in [0.4, 0.5) is 15.2 Å². The molecule has 4 rings (SSSR count). The van der Waals surface area contributed by atoms with Gasteiger partial charge < -0.3 is 10.2 Å². The Morgan fingerprint density at radius 2 is 1.84 bits per heavy atom. The lowest BCUT2D eigenvalue weighted by molar-refractivity contribution is 0.0831. The van der Waals surface area contributed by atoms with Crippen molar-refractivity contribution in [3.05, 3.63) is 81.6 Å². The third kappa shape index (κ3) is 5.17. The summed E-state index contributed by atoms with van der Waals surface area (Å²) in [5, 5.41) is 6.75. The summed E-state index contributed by atoms with van der Waals surface area (Å²) in [5.41, 5.74) is 3.53. The number of anilines is 2. The number of aromatic nitrogens is 1. The molecule has 1 N–H and O–H groups in total. The molecule has 0 radical (unpaired) electrons. The normalized spacial score (nSPS) is 15.5. The first kappa shape index (κ1) is 21.6. The van der Waals surface area contributed by atoms with Gasteiger partial charge in [-0.15, -0.1) is 23.1 Å². The van der Waals surface area contributed by atoms with Crippen LogP contribution in [0.2, 0.25) is 0 Å².